The Morgan fingerprint density at radius 1 is 1.24 bits per heavy atom. The SMILES string of the molecule is Cc1cn2nc([C@@H]3CCCCN3C(=O)c3cc(Cl)ccc3OC(C)C)cc2nc1N1C[C@@H](C#N)[C@@H](C)C1. The number of ether oxygens (including phenoxy) is 1. The van der Waals surface area contributed by atoms with Crippen LogP contribution in [0.5, 0.6) is 5.75 Å². The maximum absolute atomic E-state index is 13.8. The minimum atomic E-state index is -0.160. The maximum atomic E-state index is 13.8. The molecule has 0 unspecified atom stereocenters. The molecule has 2 aromatic heterocycles. The predicted molar refractivity (Wildman–Crippen MR) is 143 cm³/mol. The standard InChI is InChI=1S/C28H33ClN6O2/c1-17(2)37-25-9-8-21(29)11-22(25)28(36)34-10-6-5-7-24(34)23-12-26-31-27(19(4)15-35(26)32-23)33-14-18(3)20(13-30)16-33/h8-9,11-12,15,17-18,20,24H,5-7,10,14,16H2,1-4H3/t18-,20+,24-/m0/s1. The Bertz CT molecular complexity index is 1360. The van der Waals surface area contributed by atoms with E-state index in [4.69, 9.17) is 26.4 Å². The predicted octanol–water partition coefficient (Wildman–Crippen LogP) is 5.44. The average Bonchev–Trinajstić information content (AvgIpc) is 3.46. The Morgan fingerprint density at radius 3 is 2.78 bits per heavy atom. The van der Waals surface area contributed by atoms with Crippen molar-refractivity contribution in [1.82, 2.24) is 19.5 Å². The van der Waals surface area contributed by atoms with Gasteiger partial charge in [-0.25, -0.2) is 9.50 Å². The van der Waals surface area contributed by atoms with Crippen LogP contribution in [-0.4, -0.2) is 51.1 Å². The van der Waals surface area contributed by atoms with Crippen molar-refractivity contribution < 1.29 is 9.53 Å². The van der Waals surface area contributed by atoms with Crippen molar-refractivity contribution in [1.29, 1.82) is 5.26 Å². The number of nitrogens with zero attached hydrogens (tertiary/aromatic N) is 6. The van der Waals surface area contributed by atoms with Crippen molar-refractivity contribution >= 4 is 29.0 Å². The lowest BCUT2D eigenvalue weighted by atomic mass is 9.98. The number of rotatable bonds is 5. The summed E-state index contributed by atoms with van der Waals surface area (Å²) in [6.07, 6.45) is 4.72. The van der Waals surface area contributed by atoms with Crippen LogP contribution in [0.1, 0.15) is 67.7 Å². The van der Waals surface area contributed by atoms with E-state index < -0.39 is 0 Å². The minimum Gasteiger partial charge on any atom is -0.490 e. The van der Waals surface area contributed by atoms with Gasteiger partial charge in [0.2, 0.25) is 0 Å². The number of nitriles is 1. The van der Waals surface area contributed by atoms with Gasteiger partial charge in [0.25, 0.3) is 5.91 Å². The number of aromatic nitrogens is 3. The van der Waals surface area contributed by atoms with Gasteiger partial charge in [0.05, 0.1) is 35.4 Å². The van der Waals surface area contributed by atoms with Gasteiger partial charge in [-0.2, -0.15) is 10.4 Å². The molecule has 0 spiro atoms. The number of anilines is 1. The largest absolute Gasteiger partial charge is 0.490 e. The van der Waals surface area contributed by atoms with Crippen LogP contribution < -0.4 is 9.64 Å². The molecule has 194 valence electrons. The summed E-state index contributed by atoms with van der Waals surface area (Å²) >= 11 is 6.28. The van der Waals surface area contributed by atoms with Crippen molar-refractivity contribution in [2.45, 2.75) is 59.1 Å². The van der Waals surface area contributed by atoms with E-state index >= 15 is 0 Å². The van der Waals surface area contributed by atoms with Gasteiger partial charge in [-0.05, 0) is 64.2 Å². The van der Waals surface area contributed by atoms with Gasteiger partial charge < -0.3 is 14.5 Å². The van der Waals surface area contributed by atoms with Gasteiger partial charge in [-0.15, -0.1) is 0 Å². The zero-order chi connectivity index (χ0) is 26.3. The van der Waals surface area contributed by atoms with Crippen molar-refractivity contribution in [3.8, 4) is 11.8 Å². The Balaban J connectivity index is 1.47. The number of halogens is 1. The van der Waals surface area contributed by atoms with Gasteiger partial charge in [0, 0.05) is 42.5 Å². The zero-order valence-electron chi connectivity index (χ0n) is 21.8. The van der Waals surface area contributed by atoms with Crippen molar-refractivity contribution in [2.24, 2.45) is 11.8 Å². The van der Waals surface area contributed by atoms with E-state index in [1.165, 1.54) is 0 Å². The van der Waals surface area contributed by atoms with Crippen LogP contribution >= 0.6 is 11.6 Å². The molecular formula is C28H33ClN6O2. The van der Waals surface area contributed by atoms with Gasteiger partial charge in [-0.1, -0.05) is 18.5 Å². The van der Waals surface area contributed by atoms with Crippen molar-refractivity contribution in [3.05, 3.63) is 52.3 Å². The smallest absolute Gasteiger partial charge is 0.258 e. The number of hydrogen-bond acceptors (Lipinski definition) is 6. The summed E-state index contributed by atoms with van der Waals surface area (Å²) in [5, 5.41) is 14.8. The summed E-state index contributed by atoms with van der Waals surface area (Å²) in [4.78, 5) is 22.9. The highest BCUT2D eigenvalue weighted by molar-refractivity contribution is 6.31. The van der Waals surface area contributed by atoms with E-state index in [0.29, 0.717) is 35.3 Å². The molecule has 0 radical (unpaired) electrons. The molecule has 37 heavy (non-hydrogen) atoms. The maximum Gasteiger partial charge on any atom is 0.258 e. The second kappa shape index (κ2) is 10.2. The summed E-state index contributed by atoms with van der Waals surface area (Å²) < 4.78 is 7.74. The molecule has 3 aromatic rings. The third-order valence-electron chi connectivity index (χ3n) is 7.34. The third-order valence-corrected chi connectivity index (χ3v) is 7.58. The van der Waals surface area contributed by atoms with Gasteiger partial charge in [-0.3, -0.25) is 4.79 Å². The first kappa shape index (κ1) is 25.3. The van der Waals surface area contributed by atoms with E-state index in [9.17, 15) is 10.1 Å². The number of piperidine rings is 1. The number of fused-ring (bicyclic) bond motifs is 1. The molecule has 0 aliphatic carbocycles. The van der Waals surface area contributed by atoms with E-state index in [0.717, 1.165) is 48.5 Å². The molecule has 2 aliphatic heterocycles. The number of likely N-dealkylation sites (tertiary alicyclic amines) is 1. The Kier molecular flexibility index (Phi) is 7.00. The highest BCUT2D eigenvalue weighted by Crippen LogP contribution is 2.35. The van der Waals surface area contributed by atoms with Crippen LogP contribution in [0.4, 0.5) is 5.82 Å². The van der Waals surface area contributed by atoms with Crippen LogP contribution in [0.15, 0.2) is 30.5 Å². The summed E-state index contributed by atoms with van der Waals surface area (Å²) in [5.41, 5.74) is 3.06. The second-order valence-corrected chi connectivity index (χ2v) is 11.0. The molecule has 1 amide bonds. The van der Waals surface area contributed by atoms with Gasteiger partial charge in [0.15, 0.2) is 5.65 Å². The first-order valence-electron chi connectivity index (χ1n) is 13.0. The van der Waals surface area contributed by atoms with Crippen molar-refractivity contribution in [3.63, 3.8) is 0 Å². The molecule has 2 fully saturated rings. The Morgan fingerprint density at radius 2 is 2.05 bits per heavy atom. The third kappa shape index (κ3) is 4.97. The summed E-state index contributed by atoms with van der Waals surface area (Å²) in [6, 6.07) is 9.46. The van der Waals surface area contributed by atoms with Crippen LogP contribution in [0.3, 0.4) is 0 Å². The molecule has 8 nitrogen and oxygen atoms in total. The van der Waals surface area contributed by atoms with Gasteiger partial charge >= 0.3 is 0 Å². The number of hydrogen-bond donors (Lipinski definition) is 0. The number of amides is 1. The zero-order valence-corrected chi connectivity index (χ0v) is 22.6. The number of carbonyl (C=O) groups is 1. The molecule has 1 aromatic carbocycles. The fourth-order valence-corrected chi connectivity index (χ4v) is 5.64. The molecular weight excluding hydrogens is 488 g/mol. The van der Waals surface area contributed by atoms with E-state index in [2.05, 4.69) is 17.9 Å². The molecule has 0 bridgehead atoms. The second-order valence-electron chi connectivity index (χ2n) is 10.6. The lowest BCUT2D eigenvalue weighted by Crippen LogP contribution is -2.39. The number of carbonyl (C=O) groups excluding carboxylic acids is 1. The number of benzene rings is 1. The lowest BCUT2D eigenvalue weighted by Gasteiger charge is -2.35. The molecule has 4 heterocycles. The first-order chi connectivity index (χ1) is 17.7. The lowest BCUT2D eigenvalue weighted by molar-refractivity contribution is 0.0600. The molecule has 0 N–H and O–H groups in total. The Hall–Kier alpha value is -3.31. The summed E-state index contributed by atoms with van der Waals surface area (Å²) in [5.74, 6) is 1.66. The van der Waals surface area contributed by atoms with Crippen LogP contribution in [0, 0.1) is 30.1 Å². The molecule has 3 atom stereocenters. The van der Waals surface area contributed by atoms with Crippen molar-refractivity contribution in [2.75, 3.05) is 24.5 Å². The highest BCUT2D eigenvalue weighted by atomic mass is 35.5. The van der Waals surface area contributed by atoms with Gasteiger partial charge in [0.1, 0.15) is 11.6 Å². The minimum absolute atomic E-state index is 0.00997. The van der Waals surface area contributed by atoms with E-state index in [1.807, 2.05) is 37.9 Å². The van der Waals surface area contributed by atoms with E-state index in [-0.39, 0.29) is 24.0 Å². The Labute approximate surface area is 222 Å². The fraction of sp³-hybridized carbons (Fsp3) is 0.500. The van der Waals surface area contributed by atoms with E-state index in [1.54, 1.807) is 22.7 Å². The highest BCUT2D eigenvalue weighted by Gasteiger charge is 2.34. The molecule has 9 heteroatoms. The van der Waals surface area contributed by atoms with Crippen LogP contribution in [0.2, 0.25) is 5.02 Å². The first-order valence-corrected chi connectivity index (χ1v) is 13.4. The van der Waals surface area contributed by atoms with Crippen LogP contribution in [0.25, 0.3) is 5.65 Å². The molecule has 5 rings (SSSR count). The quantitative estimate of drug-likeness (QED) is 0.445. The molecule has 2 saturated heterocycles. The summed E-state index contributed by atoms with van der Waals surface area (Å²) in [7, 11) is 0. The van der Waals surface area contributed by atoms with Crippen LogP contribution in [-0.2, 0) is 0 Å². The fourth-order valence-electron chi connectivity index (χ4n) is 5.47. The average molecular weight is 521 g/mol. The topological polar surface area (TPSA) is 86.8 Å². The molecule has 2 aliphatic rings. The normalized spacial score (nSPS) is 22.0. The number of aryl methyl sites for hydroxylation is 1. The summed E-state index contributed by atoms with van der Waals surface area (Å²) in [6.45, 7) is 10.2. The molecule has 0 saturated carbocycles. The monoisotopic (exact) mass is 520 g/mol.